The Kier molecular flexibility index (Phi) is 6.55. The summed E-state index contributed by atoms with van der Waals surface area (Å²) in [5, 5.41) is 9.56. The third kappa shape index (κ3) is 4.61. The maximum absolute atomic E-state index is 13.3. The average Bonchev–Trinajstić information content (AvgIpc) is 3.29. The number of amides is 2. The first-order valence-electron chi connectivity index (χ1n) is 12.3. The average molecular weight is 485 g/mol. The number of aromatic nitrogens is 2. The first kappa shape index (κ1) is 23.7. The third-order valence-corrected chi connectivity index (χ3v) is 7.12. The minimum Gasteiger partial charge on any atom is -0.349 e. The van der Waals surface area contributed by atoms with Gasteiger partial charge < -0.3 is 10.2 Å². The first-order chi connectivity index (χ1) is 17.4. The summed E-state index contributed by atoms with van der Waals surface area (Å²) in [6.07, 6.45) is 3.00. The fourth-order valence-corrected chi connectivity index (χ4v) is 5.03. The third-order valence-electron chi connectivity index (χ3n) is 7.12. The number of hydrogen-bond donors (Lipinski definition) is 1. The number of piperidine rings is 1. The summed E-state index contributed by atoms with van der Waals surface area (Å²) in [6, 6.07) is 19.6. The van der Waals surface area contributed by atoms with Crippen LogP contribution in [0.25, 0.3) is 16.5 Å². The van der Waals surface area contributed by atoms with Crippen LogP contribution >= 0.6 is 0 Å². The Labute approximate surface area is 209 Å². The molecule has 6 nitrogen and oxygen atoms in total. The lowest BCUT2D eigenvalue weighted by molar-refractivity contribution is -0.127. The summed E-state index contributed by atoms with van der Waals surface area (Å²) in [4.78, 5) is 28.1. The Bertz CT molecular complexity index is 1400. The van der Waals surface area contributed by atoms with E-state index in [-0.39, 0.29) is 29.6 Å². The predicted octanol–water partition coefficient (Wildman–Crippen LogP) is 5.20. The van der Waals surface area contributed by atoms with E-state index in [1.165, 1.54) is 12.1 Å². The molecule has 3 aromatic carbocycles. The summed E-state index contributed by atoms with van der Waals surface area (Å²) in [6.45, 7) is 4.98. The lowest BCUT2D eigenvalue weighted by atomic mass is 9.94. The van der Waals surface area contributed by atoms with E-state index in [4.69, 9.17) is 0 Å². The van der Waals surface area contributed by atoms with Crippen molar-refractivity contribution in [3.05, 3.63) is 95.6 Å². The second-order valence-electron chi connectivity index (χ2n) is 9.40. The van der Waals surface area contributed by atoms with Gasteiger partial charge in [-0.3, -0.25) is 9.59 Å². The Morgan fingerprint density at radius 2 is 1.69 bits per heavy atom. The van der Waals surface area contributed by atoms with Crippen LogP contribution in [0.2, 0.25) is 0 Å². The molecule has 1 aromatic heterocycles. The number of halogens is 1. The summed E-state index contributed by atoms with van der Waals surface area (Å²) >= 11 is 0. The molecule has 36 heavy (non-hydrogen) atoms. The standard InChI is InChI=1S/C29H29FN4O2/c1-19(27-18-31-34(20(27)2)24-12-10-23(30)11-13-24)32-28(35)22-14-16-33(17-15-22)29(36)26-9-5-7-21-6-3-4-8-25(21)26/h3-13,18-19,22H,14-17H2,1-2H3,(H,32,35). The van der Waals surface area contributed by atoms with Crippen molar-refractivity contribution in [2.45, 2.75) is 32.7 Å². The van der Waals surface area contributed by atoms with Gasteiger partial charge in [-0.2, -0.15) is 5.10 Å². The minimum absolute atomic E-state index is 0.00584. The summed E-state index contributed by atoms with van der Waals surface area (Å²) < 4.78 is 15.0. The molecule has 5 rings (SSSR count). The van der Waals surface area contributed by atoms with Crippen LogP contribution in [0.3, 0.4) is 0 Å². The van der Waals surface area contributed by atoms with Crippen molar-refractivity contribution < 1.29 is 14.0 Å². The molecule has 0 spiro atoms. The number of hydrogen-bond acceptors (Lipinski definition) is 3. The highest BCUT2D eigenvalue weighted by Gasteiger charge is 2.29. The van der Waals surface area contributed by atoms with Gasteiger partial charge in [0, 0.05) is 35.8 Å². The van der Waals surface area contributed by atoms with Crippen LogP contribution in [0.15, 0.2) is 72.9 Å². The molecule has 0 aliphatic carbocycles. The Morgan fingerprint density at radius 1 is 1.00 bits per heavy atom. The molecular formula is C29H29FN4O2. The van der Waals surface area contributed by atoms with E-state index in [0.717, 1.165) is 27.7 Å². The van der Waals surface area contributed by atoms with Crippen LogP contribution in [0.5, 0.6) is 0 Å². The maximum Gasteiger partial charge on any atom is 0.254 e. The van der Waals surface area contributed by atoms with Gasteiger partial charge in [0.2, 0.25) is 5.91 Å². The molecule has 0 saturated carbocycles. The molecule has 1 atom stereocenters. The van der Waals surface area contributed by atoms with E-state index in [9.17, 15) is 14.0 Å². The van der Waals surface area contributed by atoms with Gasteiger partial charge >= 0.3 is 0 Å². The highest BCUT2D eigenvalue weighted by Crippen LogP contribution is 2.25. The zero-order valence-corrected chi connectivity index (χ0v) is 20.4. The number of carbonyl (C=O) groups excluding carboxylic acids is 2. The summed E-state index contributed by atoms with van der Waals surface area (Å²) in [5.41, 5.74) is 3.28. The molecule has 2 amide bonds. The van der Waals surface area contributed by atoms with Crippen LogP contribution in [-0.4, -0.2) is 39.6 Å². The molecule has 4 aromatic rings. The fraction of sp³-hybridized carbons (Fsp3) is 0.276. The lowest BCUT2D eigenvalue weighted by Gasteiger charge is -2.32. The molecule has 1 aliphatic heterocycles. The van der Waals surface area contributed by atoms with Crippen molar-refractivity contribution in [1.29, 1.82) is 0 Å². The van der Waals surface area contributed by atoms with Gasteiger partial charge in [-0.25, -0.2) is 9.07 Å². The Hall–Kier alpha value is -4.00. The molecule has 1 aliphatic rings. The van der Waals surface area contributed by atoms with Crippen molar-refractivity contribution in [1.82, 2.24) is 20.0 Å². The van der Waals surface area contributed by atoms with E-state index in [0.29, 0.717) is 31.5 Å². The SMILES string of the molecule is Cc1c(C(C)NC(=O)C2CCN(C(=O)c3cccc4ccccc34)CC2)cnn1-c1ccc(F)cc1. The molecular weight excluding hydrogens is 455 g/mol. The van der Waals surface area contributed by atoms with Gasteiger partial charge in [-0.15, -0.1) is 0 Å². The molecule has 1 N–H and O–H groups in total. The van der Waals surface area contributed by atoms with Gasteiger partial charge in [0.05, 0.1) is 17.9 Å². The fourth-order valence-electron chi connectivity index (χ4n) is 5.03. The Morgan fingerprint density at radius 3 is 2.44 bits per heavy atom. The monoisotopic (exact) mass is 484 g/mol. The molecule has 1 unspecified atom stereocenters. The van der Waals surface area contributed by atoms with Crippen molar-refractivity contribution in [2.24, 2.45) is 5.92 Å². The number of benzene rings is 3. The van der Waals surface area contributed by atoms with Crippen molar-refractivity contribution >= 4 is 22.6 Å². The van der Waals surface area contributed by atoms with E-state index >= 15 is 0 Å². The molecule has 1 saturated heterocycles. The number of carbonyl (C=O) groups is 2. The number of nitrogens with one attached hydrogen (secondary N) is 1. The smallest absolute Gasteiger partial charge is 0.254 e. The van der Waals surface area contributed by atoms with Crippen molar-refractivity contribution in [3.8, 4) is 5.69 Å². The van der Waals surface area contributed by atoms with Gasteiger partial charge in [0.1, 0.15) is 5.82 Å². The largest absolute Gasteiger partial charge is 0.349 e. The molecule has 2 heterocycles. The Balaban J connectivity index is 1.20. The van der Waals surface area contributed by atoms with Crippen LogP contribution < -0.4 is 5.32 Å². The van der Waals surface area contributed by atoms with Gasteiger partial charge in [-0.05, 0) is 67.8 Å². The molecule has 7 heteroatoms. The second kappa shape index (κ2) is 9.93. The molecule has 0 bridgehead atoms. The first-order valence-corrected chi connectivity index (χ1v) is 12.3. The van der Waals surface area contributed by atoms with Crippen molar-refractivity contribution in [2.75, 3.05) is 13.1 Å². The normalized spacial score (nSPS) is 15.1. The quantitative estimate of drug-likeness (QED) is 0.423. The lowest BCUT2D eigenvalue weighted by Crippen LogP contribution is -2.43. The number of likely N-dealkylation sites (tertiary alicyclic amines) is 1. The topological polar surface area (TPSA) is 67.2 Å². The van der Waals surface area contributed by atoms with Crippen LogP contribution in [-0.2, 0) is 4.79 Å². The predicted molar refractivity (Wildman–Crippen MR) is 137 cm³/mol. The van der Waals surface area contributed by atoms with Crippen LogP contribution in [0, 0.1) is 18.7 Å². The molecule has 0 radical (unpaired) electrons. The van der Waals surface area contributed by atoms with Crippen LogP contribution in [0.1, 0.15) is 47.4 Å². The van der Waals surface area contributed by atoms with Gasteiger partial charge in [0.25, 0.3) is 5.91 Å². The summed E-state index contributed by atoms with van der Waals surface area (Å²) in [5.74, 6) is -0.428. The van der Waals surface area contributed by atoms with E-state index in [2.05, 4.69) is 10.4 Å². The van der Waals surface area contributed by atoms with E-state index < -0.39 is 0 Å². The van der Waals surface area contributed by atoms with Crippen LogP contribution in [0.4, 0.5) is 4.39 Å². The number of nitrogens with zero attached hydrogens (tertiary/aromatic N) is 3. The molecule has 1 fully saturated rings. The zero-order valence-electron chi connectivity index (χ0n) is 20.4. The van der Waals surface area contributed by atoms with E-state index in [1.54, 1.807) is 23.0 Å². The number of rotatable bonds is 5. The van der Waals surface area contributed by atoms with Gasteiger partial charge in [-0.1, -0.05) is 36.4 Å². The number of fused-ring (bicyclic) bond motifs is 1. The highest BCUT2D eigenvalue weighted by molar-refractivity contribution is 6.07. The highest BCUT2D eigenvalue weighted by atomic mass is 19.1. The summed E-state index contributed by atoms with van der Waals surface area (Å²) in [7, 11) is 0. The van der Waals surface area contributed by atoms with Crippen molar-refractivity contribution in [3.63, 3.8) is 0 Å². The minimum atomic E-state index is -0.297. The maximum atomic E-state index is 13.3. The van der Waals surface area contributed by atoms with Gasteiger partial charge in [0.15, 0.2) is 0 Å². The second-order valence-corrected chi connectivity index (χ2v) is 9.40. The zero-order chi connectivity index (χ0) is 25.2. The van der Waals surface area contributed by atoms with E-state index in [1.807, 2.05) is 61.2 Å². The molecule has 184 valence electrons.